The molecule has 0 amide bonds. The lowest BCUT2D eigenvalue weighted by Crippen LogP contribution is -2.33. The summed E-state index contributed by atoms with van der Waals surface area (Å²) in [5.74, 6) is -0.871. The maximum atomic E-state index is 12.9. The third-order valence-electron chi connectivity index (χ3n) is 3.94. The predicted molar refractivity (Wildman–Crippen MR) is 101 cm³/mol. The molecular weight excluding hydrogens is 386 g/mol. The van der Waals surface area contributed by atoms with Crippen molar-refractivity contribution < 1.29 is 27.6 Å². The molecule has 0 spiro atoms. The van der Waals surface area contributed by atoms with Gasteiger partial charge in [0, 0.05) is 18.7 Å². The van der Waals surface area contributed by atoms with Gasteiger partial charge in [-0.3, -0.25) is 14.9 Å². The summed E-state index contributed by atoms with van der Waals surface area (Å²) in [6.07, 6.45) is -0.0923. The monoisotopic (exact) mass is 407 g/mol. The molecule has 150 valence electrons. The Bertz CT molecular complexity index is 896. The van der Waals surface area contributed by atoms with Crippen LogP contribution in [0.2, 0.25) is 0 Å². The van der Waals surface area contributed by atoms with E-state index in [0.29, 0.717) is 0 Å². The summed E-state index contributed by atoms with van der Waals surface area (Å²) >= 11 is 0. The van der Waals surface area contributed by atoms with Crippen LogP contribution in [0.5, 0.6) is 0 Å². The van der Waals surface area contributed by atoms with Crippen molar-refractivity contribution in [1.82, 2.24) is 0 Å². The van der Waals surface area contributed by atoms with Gasteiger partial charge in [-0.15, -0.1) is 0 Å². The average Bonchev–Trinajstić information content (AvgIpc) is 2.68. The molecular formula is C19H21NO7S. The molecule has 0 saturated heterocycles. The number of nitrogens with zero attached hydrogens (tertiary/aromatic N) is 1. The maximum absolute atomic E-state index is 12.9. The lowest BCUT2D eigenvalue weighted by molar-refractivity contribution is -0.384. The number of carbonyl (C=O) groups is 1. The number of non-ortho nitro benzene ring substituents is 1. The van der Waals surface area contributed by atoms with E-state index in [1.54, 1.807) is 6.92 Å². The number of hydrogen-bond donors (Lipinski definition) is 0. The van der Waals surface area contributed by atoms with E-state index in [-0.39, 0.29) is 36.8 Å². The Morgan fingerprint density at radius 1 is 1.11 bits per heavy atom. The summed E-state index contributed by atoms with van der Waals surface area (Å²) in [5, 5.41) is 9.29. The summed E-state index contributed by atoms with van der Waals surface area (Å²) in [7, 11) is -4.09. The molecule has 0 bridgehead atoms. The molecule has 0 heterocycles. The van der Waals surface area contributed by atoms with Crippen LogP contribution in [0, 0.1) is 10.1 Å². The number of sulfone groups is 1. The van der Waals surface area contributed by atoms with Gasteiger partial charge in [-0.2, -0.15) is 0 Å². The van der Waals surface area contributed by atoms with Gasteiger partial charge >= 0.3 is 5.97 Å². The van der Waals surface area contributed by atoms with Crippen molar-refractivity contribution >= 4 is 21.5 Å². The van der Waals surface area contributed by atoms with Crippen LogP contribution in [0.1, 0.15) is 18.9 Å². The smallest absolute Gasteiger partial charge is 0.324 e. The van der Waals surface area contributed by atoms with Gasteiger partial charge in [0.1, 0.15) is 0 Å². The number of esters is 1. The van der Waals surface area contributed by atoms with Crippen LogP contribution in [0.25, 0.3) is 0 Å². The Balaban J connectivity index is 2.11. The molecule has 2 aromatic carbocycles. The normalized spacial score (nSPS) is 12.3. The van der Waals surface area contributed by atoms with Crippen LogP contribution in [-0.2, 0) is 30.7 Å². The minimum Gasteiger partial charge on any atom is -0.465 e. The SMILES string of the molecule is CCOC(=O)C(CCOCc1ccccc1)S(=O)(=O)c1ccc([N+](=O)[O-])cc1. The first-order chi connectivity index (χ1) is 13.4. The summed E-state index contributed by atoms with van der Waals surface area (Å²) in [6.45, 7) is 1.94. The molecule has 0 aromatic heterocycles. The Morgan fingerprint density at radius 2 is 1.75 bits per heavy atom. The summed E-state index contributed by atoms with van der Waals surface area (Å²) < 4.78 is 36.1. The number of rotatable bonds is 10. The quantitative estimate of drug-likeness (QED) is 0.257. The highest BCUT2D eigenvalue weighted by Gasteiger charge is 2.35. The van der Waals surface area contributed by atoms with E-state index < -0.39 is 26.0 Å². The molecule has 0 radical (unpaired) electrons. The second-order valence-corrected chi connectivity index (χ2v) is 7.99. The highest BCUT2D eigenvalue weighted by atomic mass is 32.2. The fourth-order valence-corrected chi connectivity index (χ4v) is 4.08. The number of carbonyl (C=O) groups excluding carboxylic acids is 1. The first-order valence-electron chi connectivity index (χ1n) is 8.63. The van der Waals surface area contributed by atoms with E-state index in [9.17, 15) is 23.3 Å². The first-order valence-corrected chi connectivity index (χ1v) is 10.2. The van der Waals surface area contributed by atoms with Crippen LogP contribution >= 0.6 is 0 Å². The van der Waals surface area contributed by atoms with E-state index in [1.165, 1.54) is 0 Å². The molecule has 28 heavy (non-hydrogen) atoms. The standard InChI is InChI=1S/C19H21NO7S/c1-2-27-19(21)18(12-13-26-14-15-6-4-3-5-7-15)28(24,25)17-10-8-16(9-11-17)20(22)23/h3-11,18H,2,12-14H2,1H3. The van der Waals surface area contributed by atoms with Crippen molar-refractivity contribution in [2.24, 2.45) is 0 Å². The van der Waals surface area contributed by atoms with Gasteiger partial charge in [-0.25, -0.2) is 8.42 Å². The van der Waals surface area contributed by atoms with Crippen molar-refractivity contribution in [2.45, 2.75) is 30.1 Å². The summed E-state index contributed by atoms with van der Waals surface area (Å²) in [5.41, 5.74) is 0.686. The largest absolute Gasteiger partial charge is 0.465 e. The van der Waals surface area contributed by atoms with Gasteiger partial charge < -0.3 is 9.47 Å². The van der Waals surface area contributed by atoms with Gasteiger partial charge in [0.15, 0.2) is 15.1 Å². The molecule has 0 aliphatic carbocycles. The topological polar surface area (TPSA) is 113 Å². The third kappa shape index (κ3) is 5.61. The van der Waals surface area contributed by atoms with Crippen molar-refractivity contribution in [3.8, 4) is 0 Å². The van der Waals surface area contributed by atoms with E-state index in [4.69, 9.17) is 9.47 Å². The van der Waals surface area contributed by atoms with Gasteiger partial charge in [-0.1, -0.05) is 30.3 Å². The molecule has 8 nitrogen and oxygen atoms in total. The molecule has 9 heteroatoms. The number of nitro benzene ring substituents is 1. The Hall–Kier alpha value is -2.78. The van der Waals surface area contributed by atoms with E-state index in [1.807, 2.05) is 30.3 Å². The van der Waals surface area contributed by atoms with Crippen LogP contribution in [0.3, 0.4) is 0 Å². The van der Waals surface area contributed by atoms with Crippen LogP contribution < -0.4 is 0 Å². The lowest BCUT2D eigenvalue weighted by atomic mass is 10.2. The number of nitro groups is 1. The van der Waals surface area contributed by atoms with E-state index in [0.717, 1.165) is 29.8 Å². The van der Waals surface area contributed by atoms with Gasteiger partial charge in [0.25, 0.3) is 5.69 Å². The van der Waals surface area contributed by atoms with Crippen LogP contribution in [0.15, 0.2) is 59.5 Å². The zero-order valence-corrected chi connectivity index (χ0v) is 16.1. The molecule has 0 saturated carbocycles. The predicted octanol–water partition coefficient (Wildman–Crippen LogP) is 2.91. The average molecular weight is 407 g/mol. The highest BCUT2D eigenvalue weighted by Crippen LogP contribution is 2.22. The second kappa shape index (κ2) is 9.95. The molecule has 0 aliphatic heterocycles. The first kappa shape index (κ1) is 21.5. The lowest BCUT2D eigenvalue weighted by Gasteiger charge is -2.16. The molecule has 0 aliphatic rings. The van der Waals surface area contributed by atoms with Gasteiger partial charge in [-0.05, 0) is 31.0 Å². The zero-order valence-electron chi connectivity index (χ0n) is 15.3. The van der Waals surface area contributed by atoms with Crippen molar-refractivity contribution in [3.63, 3.8) is 0 Å². The fraction of sp³-hybridized carbons (Fsp3) is 0.316. The molecule has 1 atom stereocenters. The Morgan fingerprint density at radius 3 is 2.32 bits per heavy atom. The third-order valence-corrected chi connectivity index (χ3v) is 6.04. The number of ether oxygens (including phenoxy) is 2. The Kier molecular flexibility index (Phi) is 7.65. The van der Waals surface area contributed by atoms with Crippen molar-refractivity contribution in [2.75, 3.05) is 13.2 Å². The molecule has 1 unspecified atom stereocenters. The molecule has 0 fully saturated rings. The van der Waals surface area contributed by atoms with Crippen LogP contribution in [0.4, 0.5) is 5.69 Å². The van der Waals surface area contributed by atoms with Crippen molar-refractivity contribution in [3.05, 3.63) is 70.3 Å². The zero-order chi connectivity index (χ0) is 20.6. The molecule has 2 aromatic rings. The summed E-state index contributed by atoms with van der Waals surface area (Å²) in [6, 6.07) is 13.7. The van der Waals surface area contributed by atoms with E-state index in [2.05, 4.69) is 0 Å². The second-order valence-electron chi connectivity index (χ2n) is 5.86. The van der Waals surface area contributed by atoms with Gasteiger partial charge in [0.2, 0.25) is 0 Å². The van der Waals surface area contributed by atoms with Gasteiger partial charge in [0.05, 0.1) is 23.0 Å². The minimum atomic E-state index is -4.09. The maximum Gasteiger partial charge on any atom is 0.324 e. The van der Waals surface area contributed by atoms with Crippen LogP contribution in [-0.4, -0.2) is 37.8 Å². The highest BCUT2D eigenvalue weighted by molar-refractivity contribution is 7.92. The fourth-order valence-electron chi connectivity index (χ4n) is 2.51. The molecule has 2 rings (SSSR count). The van der Waals surface area contributed by atoms with E-state index >= 15 is 0 Å². The number of hydrogen-bond acceptors (Lipinski definition) is 7. The molecule has 0 N–H and O–H groups in total. The summed E-state index contributed by atoms with van der Waals surface area (Å²) in [4.78, 5) is 22.2. The number of benzene rings is 2. The Labute approximate surface area is 163 Å². The van der Waals surface area contributed by atoms with Crippen molar-refractivity contribution in [1.29, 1.82) is 0 Å². The minimum absolute atomic E-state index is 0.0323.